The predicted molar refractivity (Wildman–Crippen MR) is 89.6 cm³/mol. The molecule has 0 aliphatic carbocycles. The van der Waals surface area contributed by atoms with E-state index in [1.54, 1.807) is 6.20 Å². The van der Waals surface area contributed by atoms with Gasteiger partial charge in [-0.25, -0.2) is 0 Å². The normalized spacial score (nSPS) is 18.3. The maximum Gasteiger partial charge on any atom is 0.247 e. The van der Waals surface area contributed by atoms with Gasteiger partial charge in [-0.1, -0.05) is 25.1 Å². The second-order valence-electron chi connectivity index (χ2n) is 5.89. The molecular formula is C17H23N5. The number of para-hydroxylation sites is 1. The Hall–Kier alpha value is -2.17. The molecule has 1 aliphatic heterocycles. The van der Waals surface area contributed by atoms with E-state index in [0.29, 0.717) is 5.92 Å². The lowest BCUT2D eigenvalue weighted by molar-refractivity contribution is 0.441. The SMILES string of the molecule is CCN(c1ccccc1)c1cnnc(N2CCCC(C)C2)n1. The number of nitrogens with zero attached hydrogens (tertiary/aromatic N) is 5. The van der Waals surface area contributed by atoms with Crippen LogP contribution in [0.4, 0.5) is 17.5 Å². The van der Waals surface area contributed by atoms with Crippen LogP contribution in [0.5, 0.6) is 0 Å². The maximum atomic E-state index is 4.76. The maximum absolute atomic E-state index is 4.76. The molecule has 1 unspecified atom stereocenters. The summed E-state index contributed by atoms with van der Waals surface area (Å²) in [6, 6.07) is 10.3. The summed E-state index contributed by atoms with van der Waals surface area (Å²) in [6.45, 7) is 7.29. The van der Waals surface area contributed by atoms with Crippen LogP contribution < -0.4 is 9.80 Å². The fourth-order valence-corrected chi connectivity index (χ4v) is 3.01. The largest absolute Gasteiger partial charge is 0.339 e. The van der Waals surface area contributed by atoms with Gasteiger partial charge in [0.25, 0.3) is 0 Å². The van der Waals surface area contributed by atoms with Crippen molar-refractivity contribution in [3.8, 4) is 0 Å². The first-order valence-electron chi connectivity index (χ1n) is 8.05. The van der Waals surface area contributed by atoms with Crippen molar-refractivity contribution in [2.45, 2.75) is 26.7 Å². The lowest BCUT2D eigenvalue weighted by Crippen LogP contribution is -2.36. The summed E-state index contributed by atoms with van der Waals surface area (Å²) in [6.07, 6.45) is 4.23. The molecule has 0 N–H and O–H groups in total. The minimum atomic E-state index is 0.692. The molecule has 1 aromatic heterocycles. The van der Waals surface area contributed by atoms with Crippen molar-refractivity contribution in [2.24, 2.45) is 5.92 Å². The Morgan fingerprint density at radius 1 is 1.27 bits per heavy atom. The molecule has 1 saturated heterocycles. The zero-order valence-electron chi connectivity index (χ0n) is 13.3. The van der Waals surface area contributed by atoms with E-state index in [1.165, 1.54) is 12.8 Å². The van der Waals surface area contributed by atoms with Crippen LogP contribution in [0.2, 0.25) is 0 Å². The van der Waals surface area contributed by atoms with Gasteiger partial charge in [0.2, 0.25) is 5.95 Å². The van der Waals surface area contributed by atoms with E-state index in [1.807, 2.05) is 18.2 Å². The molecule has 5 nitrogen and oxygen atoms in total. The highest BCUT2D eigenvalue weighted by Gasteiger charge is 2.20. The smallest absolute Gasteiger partial charge is 0.247 e. The highest BCUT2D eigenvalue weighted by atomic mass is 15.4. The van der Waals surface area contributed by atoms with Gasteiger partial charge in [0.05, 0.1) is 6.20 Å². The zero-order chi connectivity index (χ0) is 15.4. The molecule has 0 spiro atoms. The monoisotopic (exact) mass is 297 g/mol. The summed E-state index contributed by atoms with van der Waals surface area (Å²) in [5, 5.41) is 8.43. The molecule has 2 aromatic rings. The number of hydrogen-bond donors (Lipinski definition) is 0. The minimum Gasteiger partial charge on any atom is -0.339 e. The van der Waals surface area contributed by atoms with Crippen molar-refractivity contribution in [1.82, 2.24) is 15.2 Å². The van der Waals surface area contributed by atoms with Gasteiger partial charge in [-0.05, 0) is 37.8 Å². The summed E-state index contributed by atoms with van der Waals surface area (Å²) in [5.74, 6) is 2.30. The first-order chi connectivity index (χ1) is 10.8. The van der Waals surface area contributed by atoms with Crippen molar-refractivity contribution < 1.29 is 0 Å². The summed E-state index contributed by atoms with van der Waals surface area (Å²) in [5.41, 5.74) is 1.13. The van der Waals surface area contributed by atoms with Crippen LogP contribution in [0.3, 0.4) is 0 Å². The Morgan fingerprint density at radius 2 is 2.09 bits per heavy atom. The highest BCUT2D eigenvalue weighted by Crippen LogP contribution is 2.25. The molecule has 0 radical (unpaired) electrons. The zero-order valence-corrected chi connectivity index (χ0v) is 13.3. The third-order valence-corrected chi connectivity index (χ3v) is 4.14. The second-order valence-corrected chi connectivity index (χ2v) is 5.89. The number of rotatable bonds is 4. The average molecular weight is 297 g/mol. The molecule has 0 amide bonds. The van der Waals surface area contributed by atoms with Crippen LogP contribution in [0.1, 0.15) is 26.7 Å². The Balaban J connectivity index is 1.86. The minimum absolute atomic E-state index is 0.692. The lowest BCUT2D eigenvalue weighted by atomic mass is 10.0. The third-order valence-electron chi connectivity index (χ3n) is 4.14. The van der Waals surface area contributed by atoms with Crippen molar-refractivity contribution >= 4 is 17.5 Å². The summed E-state index contributed by atoms with van der Waals surface area (Å²) in [7, 11) is 0. The molecule has 5 heteroatoms. The molecule has 116 valence electrons. The van der Waals surface area contributed by atoms with Crippen LogP contribution in [0.15, 0.2) is 36.5 Å². The molecule has 2 heterocycles. The van der Waals surface area contributed by atoms with Crippen LogP contribution in [-0.4, -0.2) is 34.8 Å². The number of piperidine rings is 1. The quantitative estimate of drug-likeness (QED) is 0.866. The van der Waals surface area contributed by atoms with Gasteiger partial charge in [-0.3, -0.25) is 0 Å². The van der Waals surface area contributed by atoms with Crippen LogP contribution in [0, 0.1) is 5.92 Å². The fourth-order valence-electron chi connectivity index (χ4n) is 3.01. The Morgan fingerprint density at radius 3 is 2.82 bits per heavy atom. The van der Waals surface area contributed by atoms with E-state index in [-0.39, 0.29) is 0 Å². The molecule has 3 rings (SSSR count). The van der Waals surface area contributed by atoms with Gasteiger partial charge in [0.1, 0.15) is 0 Å². The van der Waals surface area contributed by atoms with E-state index in [4.69, 9.17) is 4.98 Å². The first-order valence-corrected chi connectivity index (χ1v) is 8.05. The van der Waals surface area contributed by atoms with Crippen LogP contribution in [0.25, 0.3) is 0 Å². The van der Waals surface area contributed by atoms with Gasteiger partial charge in [0, 0.05) is 25.3 Å². The summed E-state index contributed by atoms with van der Waals surface area (Å²) in [4.78, 5) is 9.17. The van der Waals surface area contributed by atoms with Crippen molar-refractivity contribution in [3.63, 3.8) is 0 Å². The molecule has 1 fully saturated rings. The van der Waals surface area contributed by atoms with Gasteiger partial charge in [0.15, 0.2) is 5.82 Å². The van der Waals surface area contributed by atoms with Gasteiger partial charge >= 0.3 is 0 Å². The number of hydrogen-bond acceptors (Lipinski definition) is 5. The van der Waals surface area contributed by atoms with Crippen molar-refractivity contribution in [1.29, 1.82) is 0 Å². The fraction of sp³-hybridized carbons (Fsp3) is 0.471. The molecule has 22 heavy (non-hydrogen) atoms. The molecule has 1 aliphatic rings. The highest BCUT2D eigenvalue weighted by molar-refractivity contribution is 5.59. The van der Waals surface area contributed by atoms with E-state index < -0.39 is 0 Å². The summed E-state index contributed by atoms with van der Waals surface area (Å²) >= 11 is 0. The Bertz CT molecular complexity index is 601. The number of anilines is 3. The lowest BCUT2D eigenvalue weighted by Gasteiger charge is -2.31. The van der Waals surface area contributed by atoms with E-state index in [2.05, 4.69) is 46.0 Å². The van der Waals surface area contributed by atoms with E-state index in [0.717, 1.165) is 37.1 Å². The molecule has 1 aromatic carbocycles. The molecule has 0 bridgehead atoms. The van der Waals surface area contributed by atoms with Crippen LogP contribution in [-0.2, 0) is 0 Å². The standard InChI is InChI=1S/C17H23N5/c1-3-22(15-9-5-4-6-10-15)16-12-18-20-17(19-16)21-11-7-8-14(2)13-21/h4-6,9-10,12,14H,3,7-8,11,13H2,1-2H3. The first kappa shape index (κ1) is 14.8. The van der Waals surface area contributed by atoms with Crippen LogP contribution >= 0.6 is 0 Å². The molecule has 0 saturated carbocycles. The predicted octanol–water partition coefficient (Wildman–Crippen LogP) is 3.27. The van der Waals surface area contributed by atoms with Crippen molar-refractivity contribution in [2.75, 3.05) is 29.4 Å². The van der Waals surface area contributed by atoms with Gasteiger partial charge < -0.3 is 9.80 Å². The second kappa shape index (κ2) is 6.73. The summed E-state index contributed by atoms with van der Waals surface area (Å²) < 4.78 is 0. The van der Waals surface area contributed by atoms with Gasteiger partial charge in [-0.2, -0.15) is 10.1 Å². The molecule has 1 atom stereocenters. The number of aromatic nitrogens is 3. The Kier molecular flexibility index (Phi) is 4.51. The third kappa shape index (κ3) is 3.18. The van der Waals surface area contributed by atoms with Gasteiger partial charge in [-0.15, -0.1) is 5.10 Å². The number of benzene rings is 1. The van der Waals surface area contributed by atoms with E-state index >= 15 is 0 Å². The topological polar surface area (TPSA) is 45.2 Å². The van der Waals surface area contributed by atoms with E-state index in [9.17, 15) is 0 Å². The molecular weight excluding hydrogens is 274 g/mol. The Labute approximate surface area is 132 Å². The van der Waals surface area contributed by atoms with Crippen molar-refractivity contribution in [3.05, 3.63) is 36.5 Å². The average Bonchev–Trinajstić information content (AvgIpc) is 2.57.